The third-order valence-electron chi connectivity index (χ3n) is 3.25. The van der Waals surface area contributed by atoms with Gasteiger partial charge in [0.15, 0.2) is 0 Å². The Hall–Kier alpha value is -1.96. The fraction of sp³-hybridized carbons (Fsp3) is 0.235. The molecule has 0 radical (unpaired) electrons. The molecule has 0 aliphatic carbocycles. The van der Waals surface area contributed by atoms with Crippen molar-refractivity contribution in [1.29, 1.82) is 5.26 Å². The van der Waals surface area contributed by atoms with Crippen LogP contribution in [0.4, 0.5) is 5.69 Å². The molecule has 0 bridgehead atoms. The van der Waals surface area contributed by atoms with Gasteiger partial charge in [-0.15, -0.1) is 11.8 Å². The molecule has 0 atom stereocenters. The molecular formula is C17H18N2OS. The maximum atomic E-state index is 9.34. The summed E-state index contributed by atoms with van der Waals surface area (Å²) in [4.78, 5) is 0.993. The average molecular weight is 298 g/mol. The number of nitrogens with one attached hydrogen (secondary N) is 1. The number of thioether (sulfide) groups is 1. The summed E-state index contributed by atoms with van der Waals surface area (Å²) in [5.74, 6) is 0. The zero-order valence-electron chi connectivity index (χ0n) is 12.2. The van der Waals surface area contributed by atoms with Crippen molar-refractivity contribution in [2.45, 2.75) is 18.0 Å². The lowest BCUT2D eigenvalue weighted by atomic mass is 10.1. The Morgan fingerprint density at radius 1 is 1.14 bits per heavy atom. The maximum Gasteiger partial charge on any atom is 0.102 e. The van der Waals surface area contributed by atoms with Crippen molar-refractivity contribution in [2.75, 3.05) is 18.7 Å². The van der Waals surface area contributed by atoms with Crippen LogP contribution in [-0.4, -0.2) is 13.4 Å². The van der Waals surface area contributed by atoms with Crippen LogP contribution in [0, 0.1) is 11.3 Å². The lowest BCUT2D eigenvalue weighted by Crippen LogP contribution is -2.05. The van der Waals surface area contributed by atoms with Crippen molar-refractivity contribution in [1.82, 2.24) is 0 Å². The van der Waals surface area contributed by atoms with E-state index >= 15 is 0 Å². The van der Waals surface area contributed by atoms with E-state index in [2.05, 4.69) is 23.5 Å². The Balaban J connectivity index is 2.19. The molecule has 0 unspecified atom stereocenters. The minimum absolute atomic E-state index is 0.591. The van der Waals surface area contributed by atoms with Crippen LogP contribution in [0.1, 0.15) is 16.7 Å². The van der Waals surface area contributed by atoms with Gasteiger partial charge < -0.3 is 10.1 Å². The molecule has 0 aromatic heterocycles. The molecule has 0 saturated heterocycles. The standard InChI is InChI=1S/C17H18N2OS/c1-20-12-14-7-4-3-6-13(14)11-19-16-8-5-9-17(21-2)15(16)10-18/h3-9,19H,11-12H2,1-2H3. The molecule has 108 valence electrons. The molecule has 2 rings (SSSR count). The third kappa shape index (κ3) is 3.78. The number of hydrogen-bond donors (Lipinski definition) is 1. The lowest BCUT2D eigenvalue weighted by Gasteiger charge is -2.13. The molecule has 0 saturated carbocycles. The number of benzene rings is 2. The zero-order chi connectivity index (χ0) is 15.1. The van der Waals surface area contributed by atoms with Gasteiger partial charge in [0.25, 0.3) is 0 Å². The van der Waals surface area contributed by atoms with Crippen LogP contribution in [0.2, 0.25) is 0 Å². The van der Waals surface area contributed by atoms with E-state index in [9.17, 15) is 5.26 Å². The van der Waals surface area contributed by atoms with E-state index in [-0.39, 0.29) is 0 Å². The first kappa shape index (κ1) is 15.4. The van der Waals surface area contributed by atoms with Crippen LogP contribution in [-0.2, 0) is 17.9 Å². The van der Waals surface area contributed by atoms with Crippen LogP contribution >= 0.6 is 11.8 Å². The second-order valence-electron chi connectivity index (χ2n) is 4.55. The molecule has 0 amide bonds. The predicted molar refractivity (Wildman–Crippen MR) is 87.4 cm³/mol. The molecule has 4 heteroatoms. The van der Waals surface area contributed by atoms with Gasteiger partial charge >= 0.3 is 0 Å². The van der Waals surface area contributed by atoms with Gasteiger partial charge in [-0.1, -0.05) is 30.3 Å². The van der Waals surface area contributed by atoms with E-state index in [1.54, 1.807) is 18.9 Å². The lowest BCUT2D eigenvalue weighted by molar-refractivity contribution is 0.184. The van der Waals surface area contributed by atoms with Crippen LogP contribution in [0.5, 0.6) is 0 Å². The highest BCUT2D eigenvalue weighted by Crippen LogP contribution is 2.26. The summed E-state index contributed by atoms with van der Waals surface area (Å²) in [6, 6.07) is 16.3. The van der Waals surface area contributed by atoms with Crippen molar-refractivity contribution in [3.63, 3.8) is 0 Å². The molecule has 0 spiro atoms. The van der Waals surface area contributed by atoms with E-state index in [1.807, 2.05) is 36.6 Å². The van der Waals surface area contributed by atoms with Gasteiger partial charge in [-0.05, 0) is 29.5 Å². The van der Waals surface area contributed by atoms with Crippen LogP contribution in [0.25, 0.3) is 0 Å². The summed E-state index contributed by atoms with van der Waals surface area (Å²) in [5, 5.41) is 12.7. The summed E-state index contributed by atoms with van der Waals surface area (Å²) in [6.45, 7) is 1.26. The van der Waals surface area contributed by atoms with Gasteiger partial charge in [-0.3, -0.25) is 0 Å². The second kappa shape index (κ2) is 7.72. The van der Waals surface area contributed by atoms with E-state index < -0.39 is 0 Å². The van der Waals surface area contributed by atoms with Gasteiger partial charge in [0.1, 0.15) is 6.07 Å². The van der Waals surface area contributed by atoms with Crippen molar-refractivity contribution >= 4 is 17.4 Å². The minimum atomic E-state index is 0.591. The van der Waals surface area contributed by atoms with Crippen molar-refractivity contribution in [3.05, 3.63) is 59.2 Å². The molecule has 2 aromatic rings. The summed E-state index contributed by atoms with van der Waals surface area (Å²) in [7, 11) is 1.69. The van der Waals surface area contributed by atoms with Crippen LogP contribution in [0.15, 0.2) is 47.4 Å². The zero-order valence-corrected chi connectivity index (χ0v) is 13.0. The van der Waals surface area contributed by atoms with Crippen molar-refractivity contribution in [3.8, 4) is 6.07 Å². The van der Waals surface area contributed by atoms with Gasteiger partial charge in [0.2, 0.25) is 0 Å². The van der Waals surface area contributed by atoms with Crippen molar-refractivity contribution in [2.24, 2.45) is 0 Å². The minimum Gasteiger partial charge on any atom is -0.380 e. The van der Waals surface area contributed by atoms with Gasteiger partial charge in [-0.2, -0.15) is 5.26 Å². The van der Waals surface area contributed by atoms with E-state index in [1.165, 1.54) is 5.56 Å². The maximum absolute atomic E-state index is 9.34. The molecule has 0 aliphatic heterocycles. The largest absolute Gasteiger partial charge is 0.380 e. The fourth-order valence-electron chi connectivity index (χ4n) is 2.18. The van der Waals surface area contributed by atoms with Gasteiger partial charge in [-0.25, -0.2) is 0 Å². The highest BCUT2D eigenvalue weighted by molar-refractivity contribution is 7.98. The number of nitriles is 1. The number of methoxy groups -OCH3 is 1. The molecule has 2 aromatic carbocycles. The SMILES string of the molecule is COCc1ccccc1CNc1cccc(SC)c1C#N. The highest BCUT2D eigenvalue weighted by Gasteiger charge is 2.08. The number of hydrogen-bond acceptors (Lipinski definition) is 4. The first-order valence-electron chi connectivity index (χ1n) is 6.66. The molecule has 21 heavy (non-hydrogen) atoms. The normalized spacial score (nSPS) is 10.1. The number of anilines is 1. The molecule has 0 heterocycles. The van der Waals surface area contributed by atoms with Crippen molar-refractivity contribution < 1.29 is 4.74 Å². The molecule has 0 aliphatic rings. The quantitative estimate of drug-likeness (QED) is 0.818. The Morgan fingerprint density at radius 3 is 2.57 bits per heavy atom. The first-order chi connectivity index (χ1) is 10.3. The molecule has 0 fully saturated rings. The Morgan fingerprint density at radius 2 is 1.90 bits per heavy atom. The number of ether oxygens (including phenoxy) is 1. The third-order valence-corrected chi connectivity index (χ3v) is 4.03. The van der Waals surface area contributed by atoms with Crippen LogP contribution in [0.3, 0.4) is 0 Å². The van der Waals surface area contributed by atoms with E-state index in [0.29, 0.717) is 18.7 Å². The topological polar surface area (TPSA) is 45.0 Å². The van der Waals surface area contributed by atoms with E-state index in [4.69, 9.17) is 4.74 Å². The molecule has 3 nitrogen and oxygen atoms in total. The summed E-state index contributed by atoms with van der Waals surface area (Å²) < 4.78 is 5.22. The second-order valence-corrected chi connectivity index (χ2v) is 5.40. The van der Waals surface area contributed by atoms with Gasteiger partial charge in [0.05, 0.1) is 17.9 Å². The highest BCUT2D eigenvalue weighted by atomic mass is 32.2. The average Bonchev–Trinajstić information content (AvgIpc) is 2.53. The Bertz CT molecular complexity index is 649. The molecule has 1 N–H and O–H groups in total. The van der Waals surface area contributed by atoms with E-state index in [0.717, 1.165) is 16.1 Å². The monoisotopic (exact) mass is 298 g/mol. The number of rotatable bonds is 6. The van der Waals surface area contributed by atoms with Crippen LogP contribution < -0.4 is 5.32 Å². The first-order valence-corrected chi connectivity index (χ1v) is 7.89. The number of nitrogens with zero attached hydrogens (tertiary/aromatic N) is 1. The fourth-order valence-corrected chi connectivity index (χ4v) is 2.75. The Kier molecular flexibility index (Phi) is 5.68. The summed E-state index contributed by atoms with van der Waals surface area (Å²) >= 11 is 1.58. The summed E-state index contributed by atoms with van der Waals surface area (Å²) in [6.07, 6.45) is 1.98. The molecular weight excluding hydrogens is 280 g/mol. The van der Waals surface area contributed by atoms with Gasteiger partial charge in [0, 0.05) is 18.6 Å². The Labute approximate surface area is 129 Å². The smallest absolute Gasteiger partial charge is 0.102 e. The predicted octanol–water partition coefficient (Wildman–Crippen LogP) is 4.04. The summed E-state index contributed by atoms with van der Waals surface area (Å²) in [5.41, 5.74) is 3.91.